The number of nitrogens with one attached hydrogen (secondary N) is 1. The molecule has 2 rings (SSSR count). The van der Waals surface area contributed by atoms with Crippen molar-refractivity contribution in [1.82, 2.24) is 0 Å². The number of hydrogen-bond acceptors (Lipinski definition) is 5. The molecule has 0 unspecified atom stereocenters. The first kappa shape index (κ1) is 20.5. The van der Waals surface area contributed by atoms with Gasteiger partial charge in [-0.05, 0) is 47.9 Å². The maximum Gasteiger partial charge on any atom is 0.283 e. The summed E-state index contributed by atoms with van der Waals surface area (Å²) in [5, 5.41) is 22.8. The van der Waals surface area contributed by atoms with Gasteiger partial charge in [0.1, 0.15) is 0 Å². The number of carbonyl (C=O) groups is 1. The Hall–Kier alpha value is -2.85. The van der Waals surface area contributed by atoms with Gasteiger partial charge in [0, 0.05) is 17.3 Å². The van der Waals surface area contributed by atoms with Gasteiger partial charge in [0.2, 0.25) is 0 Å². The predicted molar refractivity (Wildman–Crippen MR) is 107 cm³/mol. The average molecular weight is 383 g/mol. The number of nitrogens with zero attached hydrogens (tertiary/aromatic N) is 2. The second-order valence-corrected chi connectivity index (χ2v) is 7.59. The van der Waals surface area contributed by atoms with Crippen LogP contribution in [-0.4, -0.2) is 16.6 Å². The molecule has 0 saturated heterocycles. The standard InChI is InChI=1S/C20H21N3O3S/c1-14(2)10-12-27-19-8-5-16(13-18(19)23(25)26)20(24)22-17-6-3-15(4-7-17)9-11-21/h3-8,13-14H,9-10,12H2,1-2H3,(H,22,24). The van der Waals surface area contributed by atoms with Crippen LogP contribution in [-0.2, 0) is 6.42 Å². The van der Waals surface area contributed by atoms with E-state index >= 15 is 0 Å². The third-order valence-corrected chi connectivity index (χ3v) is 4.96. The molecule has 0 aliphatic rings. The molecule has 0 radical (unpaired) electrons. The molecule has 1 N–H and O–H groups in total. The van der Waals surface area contributed by atoms with Gasteiger partial charge in [0.15, 0.2) is 0 Å². The summed E-state index contributed by atoms with van der Waals surface area (Å²) in [4.78, 5) is 23.9. The number of carbonyl (C=O) groups excluding carboxylic acids is 1. The lowest BCUT2D eigenvalue weighted by atomic mass is 10.1. The van der Waals surface area contributed by atoms with Gasteiger partial charge in [-0.1, -0.05) is 26.0 Å². The second-order valence-electron chi connectivity index (χ2n) is 6.46. The molecule has 6 nitrogen and oxygen atoms in total. The van der Waals surface area contributed by atoms with Gasteiger partial charge in [0.25, 0.3) is 11.6 Å². The highest BCUT2D eigenvalue weighted by Crippen LogP contribution is 2.31. The zero-order valence-corrected chi connectivity index (χ0v) is 16.1. The number of amides is 1. The lowest BCUT2D eigenvalue weighted by molar-refractivity contribution is -0.387. The molecule has 140 valence electrons. The van der Waals surface area contributed by atoms with Crippen molar-refractivity contribution in [3.63, 3.8) is 0 Å². The van der Waals surface area contributed by atoms with E-state index in [-0.39, 0.29) is 11.3 Å². The molecule has 0 fully saturated rings. The lowest BCUT2D eigenvalue weighted by Gasteiger charge is -2.08. The number of benzene rings is 2. The van der Waals surface area contributed by atoms with Crippen molar-refractivity contribution in [3.8, 4) is 6.07 Å². The molecule has 0 aliphatic heterocycles. The summed E-state index contributed by atoms with van der Waals surface area (Å²) >= 11 is 1.43. The molecule has 0 heterocycles. The Morgan fingerprint density at radius 2 is 1.96 bits per heavy atom. The minimum absolute atomic E-state index is 0.0548. The van der Waals surface area contributed by atoms with Crippen LogP contribution in [0.1, 0.15) is 36.2 Å². The van der Waals surface area contributed by atoms with Crippen LogP contribution < -0.4 is 5.32 Å². The Morgan fingerprint density at radius 3 is 2.56 bits per heavy atom. The SMILES string of the molecule is CC(C)CCSc1ccc(C(=O)Nc2ccc(CC#N)cc2)cc1[N+](=O)[O-]. The Bertz CT molecular complexity index is 858. The molecule has 0 aromatic heterocycles. The molecule has 0 spiro atoms. The van der Waals surface area contributed by atoms with Crippen LogP contribution >= 0.6 is 11.8 Å². The number of nitriles is 1. The Balaban J connectivity index is 2.12. The van der Waals surface area contributed by atoms with Gasteiger partial charge >= 0.3 is 0 Å². The molecule has 1 amide bonds. The van der Waals surface area contributed by atoms with Gasteiger partial charge in [0.05, 0.1) is 22.3 Å². The fraction of sp³-hybridized carbons (Fsp3) is 0.300. The molecular weight excluding hydrogens is 362 g/mol. The van der Waals surface area contributed by atoms with Crippen LogP contribution in [0.4, 0.5) is 11.4 Å². The van der Waals surface area contributed by atoms with Crippen molar-refractivity contribution < 1.29 is 9.72 Å². The fourth-order valence-corrected chi connectivity index (χ4v) is 3.58. The van der Waals surface area contributed by atoms with Gasteiger partial charge in [-0.3, -0.25) is 14.9 Å². The van der Waals surface area contributed by atoms with Crippen molar-refractivity contribution in [2.24, 2.45) is 5.92 Å². The van der Waals surface area contributed by atoms with E-state index in [4.69, 9.17) is 5.26 Å². The summed E-state index contributed by atoms with van der Waals surface area (Å²) < 4.78 is 0. The third kappa shape index (κ3) is 6.12. The van der Waals surface area contributed by atoms with Crippen LogP contribution in [0, 0.1) is 27.4 Å². The highest BCUT2D eigenvalue weighted by Gasteiger charge is 2.18. The summed E-state index contributed by atoms with van der Waals surface area (Å²) in [5.41, 5.74) is 1.60. The van der Waals surface area contributed by atoms with Crippen LogP contribution in [0.3, 0.4) is 0 Å². The van der Waals surface area contributed by atoms with Crippen LogP contribution in [0.5, 0.6) is 0 Å². The maximum absolute atomic E-state index is 12.4. The molecule has 27 heavy (non-hydrogen) atoms. The van der Waals surface area contributed by atoms with Crippen molar-refractivity contribution >= 4 is 29.0 Å². The lowest BCUT2D eigenvalue weighted by Crippen LogP contribution is -2.12. The van der Waals surface area contributed by atoms with Crippen molar-refractivity contribution in [1.29, 1.82) is 5.26 Å². The number of hydrogen-bond donors (Lipinski definition) is 1. The van der Waals surface area contributed by atoms with E-state index in [0.29, 0.717) is 22.9 Å². The van der Waals surface area contributed by atoms with E-state index in [1.54, 1.807) is 36.4 Å². The van der Waals surface area contributed by atoms with Crippen molar-refractivity contribution in [3.05, 3.63) is 63.7 Å². The van der Waals surface area contributed by atoms with E-state index < -0.39 is 10.8 Å². The average Bonchev–Trinajstić information content (AvgIpc) is 2.63. The normalized spacial score (nSPS) is 10.4. The van der Waals surface area contributed by atoms with Gasteiger partial charge in [-0.2, -0.15) is 5.26 Å². The minimum Gasteiger partial charge on any atom is -0.322 e. The largest absolute Gasteiger partial charge is 0.322 e. The molecule has 0 atom stereocenters. The summed E-state index contributed by atoms with van der Waals surface area (Å²) in [7, 11) is 0. The number of nitro groups is 1. The first-order chi connectivity index (χ1) is 12.9. The highest BCUT2D eigenvalue weighted by atomic mass is 32.2. The van der Waals surface area contributed by atoms with E-state index in [9.17, 15) is 14.9 Å². The fourth-order valence-electron chi connectivity index (χ4n) is 2.33. The third-order valence-electron chi connectivity index (χ3n) is 3.87. The van der Waals surface area contributed by atoms with E-state index in [0.717, 1.165) is 17.7 Å². The van der Waals surface area contributed by atoms with Crippen LogP contribution in [0.2, 0.25) is 0 Å². The zero-order chi connectivity index (χ0) is 19.8. The van der Waals surface area contributed by atoms with E-state index in [2.05, 4.69) is 25.2 Å². The zero-order valence-electron chi connectivity index (χ0n) is 15.3. The quantitative estimate of drug-likeness (QED) is 0.391. The highest BCUT2D eigenvalue weighted by molar-refractivity contribution is 7.99. The predicted octanol–water partition coefficient (Wildman–Crippen LogP) is 5.05. The smallest absolute Gasteiger partial charge is 0.283 e. The van der Waals surface area contributed by atoms with E-state index in [1.165, 1.54) is 17.8 Å². The summed E-state index contributed by atoms with van der Waals surface area (Å²) in [6.45, 7) is 4.21. The Labute approximate surface area is 162 Å². The second kappa shape index (κ2) is 9.74. The van der Waals surface area contributed by atoms with Crippen molar-refractivity contribution in [2.45, 2.75) is 31.6 Å². The molecule has 2 aromatic rings. The Kier molecular flexibility index (Phi) is 7.38. The molecular formula is C20H21N3O3S. The topological polar surface area (TPSA) is 96.0 Å². The molecule has 2 aromatic carbocycles. The number of nitro benzene ring substituents is 1. The minimum atomic E-state index is -0.453. The maximum atomic E-state index is 12.4. The molecule has 0 aliphatic carbocycles. The summed E-state index contributed by atoms with van der Waals surface area (Å²) in [5.74, 6) is 0.907. The van der Waals surface area contributed by atoms with Gasteiger partial charge in [-0.15, -0.1) is 11.8 Å². The van der Waals surface area contributed by atoms with Gasteiger partial charge < -0.3 is 5.32 Å². The first-order valence-corrected chi connectivity index (χ1v) is 9.57. The Morgan fingerprint density at radius 1 is 1.26 bits per heavy atom. The number of anilines is 1. The van der Waals surface area contributed by atoms with Crippen molar-refractivity contribution in [2.75, 3.05) is 11.1 Å². The molecule has 7 heteroatoms. The summed E-state index contributed by atoms with van der Waals surface area (Å²) in [6.07, 6.45) is 1.27. The monoisotopic (exact) mass is 383 g/mol. The number of rotatable bonds is 8. The number of thioether (sulfide) groups is 1. The van der Waals surface area contributed by atoms with Crippen LogP contribution in [0.15, 0.2) is 47.4 Å². The summed E-state index contributed by atoms with van der Waals surface area (Å²) in [6, 6.07) is 13.5. The van der Waals surface area contributed by atoms with E-state index in [1.807, 2.05) is 0 Å². The van der Waals surface area contributed by atoms with Gasteiger partial charge in [-0.25, -0.2) is 0 Å². The van der Waals surface area contributed by atoms with Crippen LogP contribution in [0.25, 0.3) is 0 Å². The molecule has 0 bridgehead atoms. The first-order valence-electron chi connectivity index (χ1n) is 8.59. The molecule has 0 saturated carbocycles.